The number of benzene rings is 2. The van der Waals surface area contributed by atoms with Crippen LogP contribution in [0.15, 0.2) is 51.9 Å². The third-order valence-corrected chi connectivity index (χ3v) is 5.23. The minimum atomic E-state index is 0.596. The minimum absolute atomic E-state index is 0.596. The predicted octanol–water partition coefficient (Wildman–Crippen LogP) is 4.31. The highest BCUT2D eigenvalue weighted by atomic mass is 35.5. The van der Waals surface area contributed by atoms with E-state index in [1.807, 2.05) is 29.6 Å². The lowest BCUT2D eigenvalue weighted by Gasteiger charge is -2.12. The highest BCUT2D eigenvalue weighted by Gasteiger charge is 2.13. The van der Waals surface area contributed by atoms with E-state index in [9.17, 15) is 0 Å². The number of aromatic nitrogens is 1. The number of hydrogen-bond donors (Lipinski definition) is 0. The molecule has 0 amide bonds. The molecule has 28 heavy (non-hydrogen) atoms. The topological polar surface area (TPSA) is 57.3 Å². The van der Waals surface area contributed by atoms with Gasteiger partial charge in [-0.2, -0.15) is 5.10 Å². The van der Waals surface area contributed by atoms with Crippen LogP contribution in [0.2, 0.25) is 5.02 Å². The Morgan fingerprint density at radius 1 is 1.00 bits per heavy atom. The molecule has 146 valence electrons. The molecular formula is C20H20ClN3O3S. The number of methoxy groups -OCH3 is 3. The van der Waals surface area contributed by atoms with Crippen molar-refractivity contribution < 1.29 is 14.2 Å². The molecule has 0 saturated heterocycles. The van der Waals surface area contributed by atoms with Gasteiger partial charge in [-0.05, 0) is 12.1 Å². The average molecular weight is 418 g/mol. The third-order valence-electron chi connectivity index (χ3n) is 4.07. The molecule has 0 atom stereocenters. The van der Waals surface area contributed by atoms with Crippen molar-refractivity contribution in [3.8, 4) is 28.5 Å². The van der Waals surface area contributed by atoms with E-state index in [-0.39, 0.29) is 0 Å². The van der Waals surface area contributed by atoms with Crippen molar-refractivity contribution in [1.82, 2.24) is 4.68 Å². The Morgan fingerprint density at radius 2 is 1.64 bits per heavy atom. The first-order valence-corrected chi connectivity index (χ1v) is 9.60. The van der Waals surface area contributed by atoms with Gasteiger partial charge in [0.25, 0.3) is 0 Å². The molecule has 2 aromatic carbocycles. The molecule has 0 bridgehead atoms. The zero-order chi connectivity index (χ0) is 20.1. The Bertz CT molecular complexity index is 1030. The molecule has 6 nitrogen and oxygen atoms in total. The van der Waals surface area contributed by atoms with Crippen LogP contribution in [0.1, 0.15) is 5.56 Å². The van der Waals surface area contributed by atoms with Crippen LogP contribution in [0.3, 0.4) is 0 Å². The van der Waals surface area contributed by atoms with Gasteiger partial charge in [-0.15, -0.1) is 11.3 Å². The lowest BCUT2D eigenvalue weighted by Crippen LogP contribution is -2.11. The Balaban J connectivity index is 2.11. The summed E-state index contributed by atoms with van der Waals surface area (Å²) in [6.07, 6.45) is 1.69. The van der Waals surface area contributed by atoms with Gasteiger partial charge in [0.2, 0.25) is 4.80 Å². The zero-order valence-corrected chi connectivity index (χ0v) is 17.5. The number of halogens is 1. The van der Waals surface area contributed by atoms with Crippen LogP contribution < -0.4 is 19.0 Å². The van der Waals surface area contributed by atoms with E-state index >= 15 is 0 Å². The van der Waals surface area contributed by atoms with Gasteiger partial charge in [0, 0.05) is 35.1 Å². The summed E-state index contributed by atoms with van der Waals surface area (Å²) in [5, 5.41) is 7.34. The monoisotopic (exact) mass is 417 g/mol. The van der Waals surface area contributed by atoms with Crippen molar-refractivity contribution in [2.75, 3.05) is 28.4 Å². The molecule has 0 saturated carbocycles. The second kappa shape index (κ2) is 8.95. The first kappa shape index (κ1) is 20.0. The summed E-state index contributed by atoms with van der Waals surface area (Å²) in [6, 6.07) is 11.2. The summed E-state index contributed by atoms with van der Waals surface area (Å²) in [6.45, 7) is 0. The van der Waals surface area contributed by atoms with Gasteiger partial charge in [-0.25, -0.2) is 4.68 Å². The molecule has 0 aliphatic rings. The smallest absolute Gasteiger partial charge is 0.205 e. The lowest BCUT2D eigenvalue weighted by atomic mass is 10.1. The molecular weight excluding hydrogens is 398 g/mol. The van der Waals surface area contributed by atoms with Gasteiger partial charge in [0.1, 0.15) is 17.2 Å². The Kier molecular flexibility index (Phi) is 6.38. The third kappa shape index (κ3) is 4.05. The number of hydrogen-bond acceptors (Lipinski definition) is 6. The molecule has 1 aromatic heterocycles. The van der Waals surface area contributed by atoms with Crippen LogP contribution in [0.4, 0.5) is 0 Å². The van der Waals surface area contributed by atoms with E-state index in [0.717, 1.165) is 16.1 Å². The van der Waals surface area contributed by atoms with Gasteiger partial charge >= 0.3 is 0 Å². The van der Waals surface area contributed by atoms with Crippen LogP contribution in [-0.4, -0.2) is 39.3 Å². The molecule has 0 aliphatic heterocycles. The van der Waals surface area contributed by atoms with Crippen molar-refractivity contribution in [3.05, 3.63) is 57.2 Å². The summed E-state index contributed by atoms with van der Waals surface area (Å²) in [5.74, 6) is 1.83. The minimum Gasteiger partial charge on any atom is -0.496 e. The van der Waals surface area contributed by atoms with E-state index in [1.54, 1.807) is 51.4 Å². The van der Waals surface area contributed by atoms with Crippen molar-refractivity contribution >= 4 is 29.2 Å². The normalized spacial score (nSPS) is 11.8. The van der Waals surface area contributed by atoms with Crippen molar-refractivity contribution in [2.24, 2.45) is 10.1 Å². The van der Waals surface area contributed by atoms with Gasteiger partial charge in [-0.1, -0.05) is 23.7 Å². The van der Waals surface area contributed by atoms with Crippen LogP contribution in [0, 0.1) is 0 Å². The molecule has 3 aromatic rings. The van der Waals surface area contributed by atoms with Crippen LogP contribution in [0.5, 0.6) is 17.2 Å². The summed E-state index contributed by atoms with van der Waals surface area (Å²) >= 11 is 7.52. The molecule has 0 aliphatic carbocycles. The van der Waals surface area contributed by atoms with Gasteiger partial charge in [0.05, 0.1) is 38.8 Å². The van der Waals surface area contributed by atoms with Crippen LogP contribution >= 0.6 is 22.9 Å². The highest BCUT2D eigenvalue weighted by Crippen LogP contribution is 2.33. The van der Waals surface area contributed by atoms with E-state index in [2.05, 4.69) is 10.1 Å². The number of nitrogens with zero attached hydrogens (tertiary/aromatic N) is 3. The molecule has 8 heteroatoms. The van der Waals surface area contributed by atoms with E-state index in [1.165, 1.54) is 11.3 Å². The number of ether oxygens (including phenoxy) is 3. The number of rotatable bonds is 6. The SMILES string of the molecule is CN=c1scc(-c2ccc(Cl)cc2)n1N=Cc1c(OC)cc(OC)cc1OC. The van der Waals surface area contributed by atoms with Gasteiger partial charge < -0.3 is 14.2 Å². The number of thiazole rings is 1. The zero-order valence-electron chi connectivity index (χ0n) is 16.0. The summed E-state index contributed by atoms with van der Waals surface area (Å²) in [4.78, 5) is 5.08. The maximum absolute atomic E-state index is 6.01. The second-order valence-corrected chi connectivity index (χ2v) is 6.91. The Hall–Kier alpha value is -2.77. The fourth-order valence-corrected chi connectivity index (χ4v) is 3.59. The highest BCUT2D eigenvalue weighted by molar-refractivity contribution is 7.07. The second-order valence-electron chi connectivity index (χ2n) is 5.64. The molecule has 0 spiro atoms. The first-order chi connectivity index (χ1) is 13.6. The first-order valence-electron chi connectivity index (χ1n) is 8.35. The fourth-order valence-electron chi connectivity index (χ4n) is 2.66. The molecule has 0 unspecified atom stereocenters. The largest absolute Gasteiger partial charge is 0.496 e. The van der Waals surface area contributed by atoms with Gasteiger partial charge in [-0.3, -0.25) is 4.99 Å². The maximum atomic E-state index is 6.01. The van der Waals surface area contributed by atoms with E-state index in [4.69, 9.17) is 25.8 Å². The Morgan fingerprint density at radius 3 is 2.18 bits per heavy atom. The van der Waals surface area contributed by atoms with E-state index in [0.29, 0.717) is 27.8 Å². The summed E-state index contributed by atoms with van der Waals surface area (Å²) in [5.41, 5.74) is 2.60. The summed E-state index contributed by atoms with van der Waals surface area (Å²) in [7, 11) is 6.51. The average Bonchev–Trinajstić information content (AvgIpc) is 3.14. The maximum Gasteiger partial charge on any atom is 0.205 e. The molecule has 0 fully saturated rings. The van der Waals surface area contributed by atoms with E-state index < -0.39 is 0 Å². The predicted molar refractivity (Wildman–Crippen MR) is 113 cm³/mol. The summed E-state index contributed by atoms with van der Waals surface area (Å²) < 4.78 is 18.0. The quantitative estimate of drug-likeness (QED) is 0.561. The van der Waals surface area contributed by atoms with Crippen molar-refractivity contribution in [2.45, 2.75) is 0 Å². The standard InChI is InChI=1S/C20H20ClN3O3S/c1-22-20-24(17(12-28-20)13-5-7-14(21)8-6-13)23-11-16-18(26-3)9-15(25-2)10-19(16)27-4/h5-12H,1-4H3. The van der Waals surface area contributed by atoms with Gasteiger partial charge in [0.15, 0.2) is 0 Å². The van der Waals surface area contributed by atoms with Crippen LogP contribution in [-0.2, 0) is 0 Å². The van der Waals surface area contributed by atoms with Crippen LogP contribution in [0.25, 0.3) is 11.3 Å². The lowest BCUT2D eigenvalue weighted by molar-refractivity contribution is 0.374. The molecule has 3 rings (SSSR count). The van der Waals surface area contributed by atoms with Crippen molar-refractivity contribution in [1.29, 1.82) is 0 Å². The molecule has 0 N–H and O–H groups in total. The Labute approximate surface area is 172 Å². The van der Waals surface area contributed by atoms with Crippen molar-refractivity contribution in [3.63, 3.8) is 0 Å². The molecule has 1 heterocycles. The fraction of sp³-hybridized carbons (Fsp3) is 0.200. The molecule has 0 radical (unpaired) electrons.